The van der Waals surface area contributed by atoms with Crippen LogP contribution in [0.3, 0.4) is 0 Å². The maximum atomic E-state index is 12.8. The maximum Gasteiger partial charge on any atom is 0.244 e. The molecule has 1 atom stereocenters. The Morgan fingerprint density at radius 1 is 0.943 bits per heavy atom. The molecule has 1 heterocycles. The minimum Gasteiger partial charge on any atom is -0.346 e. The van der Waals surface area contributed by atoms with Crippen LogP contribution in [0, 0.1) is 0 Å². The zero-order chi connectivity index (χ0) is 24.8. The van der Waals surface area contributed by atoms with Gasteiger partial charge in [-0.2, -0.15) is 5.10 Å². The quantitative estimate of drug-likeness (QED) is 0.350. The second kappa shape index (κ2) is 10.4. The third kappa shape index (κ3) is 6.24. The van der Waals surface area contributed by atoms with Crippen molar-refractivity contribution in [2.45, 2.75) is 13.0 Å². The predicted molar refractivity (Wildman–Crippen MR) is 140 cm³/mol. The van der Waals surface area contributed by atoms with E-state index in [9.17, 15) is 13.2 Å². The smallest absolute Gasteiger partial charge is 0.244 e. The van der Waals surface area contributed by atoms with Gasteiger partial charge in [0.05, 0.1) is 29.4 Å². The van der Waals surface area contributed by atoms with Crippen molar-refractivity contribution in [1.82, 2.24) is 15.1 Å². The molecule has 0 spiro atoms. The highest BCUT2D eigenvalue weighted by atomic mass is 32.2. The number of amides is 1. The van der Waals surface area contributed by atoms with E-state index in [4.69, 9.17) is 5.10 Å². The molecule has 1 unspecified atom stereocenters. The second-order valence-electron chi connectivity index (χ2n) is 8.10. The van der Waals surface area contributed by atoms with Gasteiger partial charge in [-0.15, -0.1) is 0 Å². The molecule has 1 aromatic heterocycles. The number of carbonyl (C=O) groups is 1. The Bertz CT molecular complexity index is 1450. The van der Waals surface area contributed by atoms with Crippen molar-refractivity contribution in [3.8, 4) is 16.9 Å². The van der Waals surface area contributed by atoms with Crippen LogP contribution in [-0.2, 0) is 14.8 Å². The number of hydrogen-bond donors (Lipinski definition) is 2. The minimum atomic E-state index is -3.45. The molecule has 0 bridgehead atoms. The molecule has 0 aliphatic heterocycles. The van der Waals surface area contributed by atoms with E-state index in [0.29, 0.717) is 11.3 Å². The molecule has 0 saturated carbocycles. The van der Waals surface area contributed by atoms with E-state index in [1.807, 2.05) is 66.9 Å². The number of rotatable bonds is 8. The lowest BCUT2D eigenvalue weighted by molar-refractivity contribution is -0.117. The molecule has 3 aromatic carbocycles. The summed E-state index contributed by atoms with van der Waals surface area (Å²) in [4.78, 5) is 12.8. The molecule has 0 radical (unpaired) electrons. The van der Waals surface area contributed by atoms with Crippen LogP contribution in [0.5, 0.6) is 0 Å². The zero-order valence-corrected chi connectivity index (χ0v) is 20.2. The highest BCUT2D eigenvalue weighted by molar-refractivity contribution is 7.92. The first-order chi connectivity index (χ1) is 16.8. The summed E-state index contributed by atoms with van der Waals surface area (Å²) in [6.45, 7) is 1.80. The van der Waals surface area contributed by atoms with Crippen LogP contribution < -0.4 is 10.0 Å². The Morgan fingerprint density at radius 3 is 2.26 bits per heavy atom. The van der Waals surface area contributed by atoms with Crippen molar-refractivity contribution in [2.75, 3.05) is 11.0 Å². The maximum absolute atomic E-state index is 12.8. The number of benzene rings is 3. The number of nitrogens with one attached hydrogen (secondary N) is 2. The van der Waals surface area contributed by atoms with Gasteiger partial charge in [-0.1, -0.05) is 66.7 Å². The fourth-order valence-corrected chi connectivity index (χ4v) is 4.30. The van der Waals surface area contributed by atoms with E-state index in [-0.39, 0.29) is 5.91 Å². The van der Waals surface area contributed by atoms with E-state index in [0.717, 1.165) is 28.8 Å². The van der Waals surface area contributed by atoms with E-state index < -0.39 is 16.1 Å². The van der Waals surface area contributed by atoms with Gasteiger partial charge < -0.3 is 5.32 Å². The summed E-state index contributed by atoms with van der Waals surface area (Å²) in [5.74, 6) is -0.307. The molecular formula is C27H26N4O3S. The molecule has 2 N–H and O–H groups in total. The van der Waals surface area contributed by atoms with Crippen LogP contribution in [0.1, 0.15) is 24.1 Å². The Balaban J connectivity index is 1.57. The molecule has 0 aliphatic carbocycles. The van der Waals surface area contributed by atoms with Crippen molar-refractivity contribution in [3.63, 3.8) is 0 Å². The van der Waals surface area contributed by atoms with Gasteiger partial charge in [-0.25, -0.2) is 13.1 Å². The zero-order valence-electron chi connectivity index (χ0n) is 19.4. The molecule has 0 saturated heterocycles. The Morgan fingerprint density at radius 2 is 1.57 bits per heavy atom. The van der Waals surface area contributed by atoms with Crippen LogP contribution in [-0.4, -0.2) is 30.4 Å². The molecule has 0 aliphatic rings. The lowest BCUT2D eigenvalue weighted by Crippen LogP contribution is -2.25. The first-order valence-corrected chi connectivity index (χ1v) is 12.9. The molecule has 4 aromatic rings. The number of anilines is 1. The van der Waals surface area contributed by atoms with Crippen LogP contribution in [0.25, 0.3) is 23.0 Å². The van der Waals surface area contributed by atoms with E-state index in [2.05, 4.69) is 10.0 Å². The minimum absolute atomic E-state index is 0.307. The van der Waals surface area contributed by atoms with Crippen molar-refractivity contribution in [2.24, 2.45) is 0 Å². The van der Waals surface area contributed by atoms with Gasteiger partial charge in [0.1, 0.15) is 0 Å². The second-order valence-corrected chi connectivity index (χ2v) is 9.85. The lowest BCUT2D eigenvalue weighted by Gasteiger charge is -2.17. The summed E-state index contributed by atoms with van der Waals surface area (Å²) in [6.07, 6.45) is 6.17. The van der Waals surface area contributed by atoms with Gasteiger partial charge >= 0.3 is 0 Å². The third-order valence-corrected chi connectivity index (χ3v) is 5.90. The van der Waals surface area contributed by atoms with Gasteiger partial charge in [-0.05, 0) is 36.8 Å². The highest BCUT2D eigenvalue weighted by Gasteiger charge is 2.15. The molecule has 7 nitrogen and oxygen atoms in total. The van der Waals surface area contributed by atoms with Crippen molar-refractivity contribution >= 4 is 27.7 Å². The topological polar surface area (TPSA) is 93.1 Å². The summed E-state index contributed by atoms with van der Waals surface area (Å²) < 4.78 is 27.7. The molecule has 1 amide bonds. The number of aromatic nitrogens is 2. The Kier molecular flexibility index (Phi) is 7.12. The highest BCUT2D eigenvalue weighted by Crippen LogP contribution is 2.26. The monoisotopic (exact) mass is 486 g/mol. The Hall–Kier alpha value is -4.17. The first-order valence-electron chi connectivity index (χ1n) is 11.1. The van der Waals surface area contributed by atoms with Gasteiger partial charge in [0.15, 0.2) is 0 Å². The van der Waals surface area contributed by atoms with Crippen molar-refractivity contribution < 1.29 is 13.2 Å². The van der Waals surface area contributed by atoms with Gasteiger partial charge in [0, 0.05) is 23.4 Å². The van der Waals surface area contributed by atoms with Crippen molar-refractivity contribution in [3.05, 3.63) is 108 Å². The summed E-state index contributed by atoms with van der Waals surface area (Å²) >= 11 is 0. The SMILES string of the molecule is CC(NC(=O)C=Cc1cn(-c2ccccc2)nc1-c1ccccc1)c1ccccc1NS(C)(=O)=O. The molecular weight excluding hydrogens is 460 g/mol. The largest absolute Gasteiger partial charge is 0.346 e. The molecule has 0 fully saturated rings. The van der Waals surface area contributed by atoms with Crippen molar-refractivity contribution in [1.29, 1.82) is 0 Å². The molecule has 4 rings (SSSR count). The lowest BCUT2D eigenvalue weighted by atomic mass is 10.1. The van der Waals surface area contributed by atoms with Crippen LogP contribution in [0.2, 0.25) is 0 Å². The predicted octanol–water partition coefficient (Wildman–Crippen LogP) is 4.80. The van der Waals surface area contributed by atoms with Gasteiger partial charge in [0.25, 0.3) is 0 Å². The normalized spacial score (nSPS) is 12.4. The fourth-order valence-electron chi connectivity index (χ4n) is 3.71. The Labute approximate surface area is 205 Å². The van der Waals surface area contributed by atoms with Gasteiger partial charge in [-0.3, -0.25) is 9.52 Å². The first kappa shape index (κ1) is 24.0. The number of para-hydroxylation sites is 2. The third-order valence-electron chi connectivity index (χ3n) is 5.31. The van der Waals surface area contributed by atoms with E-state index >= 15 is 0 Å². The number of carbonyl (C=O) groups excluding carboxylic acids is 1. The van der Waals surface area contributed by atoms with Gasteiger partial charge in [0.2, 0.25) is 15.9 Å². The standard InChI is InChI=1S/C27H26N4O3S/c1-20(24-15-9-10-16-25(24)30-35(2,33)34)28-26(32)18-17-22-19-31(23-13-7-4-8-14-23)29-27(22)21-11-5-3-6-12-21/h3-20,30H,1-2H3,(H,28,32). The van der Waals surface area contributed by atoms with E-state index in [1.165, 1.54) is 6.08 Å². The summed E-state index contributed by atoms with van der Waals surface area (Å²) in [5.41, 5.74) is 4.51. The molecule has 8 heteroatoms. The summed E-state index contributed by atoms with van der Waals surface area (Å²) in [5, 5.41) is 7.65. The molecule has 178 valence electrons. The van der Waals surface area contributed by atoms with Crippen LogP contribution >= 0.6 is 0 Å². The number of nitrogens with zero attached hydrogens (tertiary/aromatic N) is 2. The number of hydrogen-bond acceptors (Lipinski definition) is 4. The fraction of sp³-hybridized carbons (Fsp3) is 0.111. The molecule has 35 heavy (non-hydrogen) atoms. The summed E-state index contributed by atoms with van der Waals surface area (Å²) in [7, 11) is -3.45. The van der Waals surface area contributed by atoms with Crippen LogP contribution in [0.4, 0.5) is 5.69 Å². The van der Waals surface area contributed by atoms with E-state index in [1.54, 1.807) is 41.9 Å². The summed E-state index contributed by atoms with van der Waals surface area (Å²) in [6, 6.07) is 26.1. The number of sulfonamides is 1. The average molecular weight is 487 g/mol. The average Bonchev–Trinajstić information content (AvgIpc) is 3.27. The van der Waals surface area contributed by atoms with Crippen LogP contribution in [0.15, 0.2) is 97.2 Å².